The Morgan fingerprint density at radius 3 is 2.90 bits per heavy atom. The zero-order chi connectivity index (χ0) is 14.3. The van der Waals surface area contributed by atoms with E-state index in [4.69, 9.17) is 4.74 Å². The van der Waals surface area contributed by atoms with E-state index in [9.17, 15) is 0 Å². The summed E-state index contributed by atoms with van der Waals surface area (Å²) < 4.78 is 7.68. The number of rotatable bonds is 1. The molecule has 1 N–H and O–H groups in total. The van der Waals surface area contributed by atoms with Crippen molar-refractivity contribution < 1.29 is 4.74 Å². The third-order valence-electron chi connectivity index (χ3n) is 5.51. The van der Waals surface area contributed by atoms with E-state index in [-0.39, 0.29) is 5.60 Å². The van der Waals surface area contributed by atoms with Gasteiger partial charge in [-0.25, -0.2) is 0 Å². The molecule has 1 heterocycles. The van der Waals surface area contributed by atoms with E-state index in [0.717, 1.165) is 22.6 Å². The van der Waals surface area contributed by atoms with Crippen LogP contribution in [0.5, 0.6) is 5.75 Å². The van der Waals surface area contributed by atoms with Crippen LogP contribution in [0.1, 0.15) is 51.1 Å². The van der Waals surface area contributed by atoms with Crippen molar-refractivity contribution in [2.75, 3.05) is 7.05 Å². The van der Waals surface area contributed by atoms with Gasteiger partial charge in [0.15, 0.2) is 0 Å². The Morgan fingerprint density at radius 2 is 2.15 bits per heavy atom. The van der Waals surface area contributed by atoms with Crippen LogP contribution in [0.2, 0.25) is 0 Å². The summed E-state index contributed by atoms with van der Waals surface area (Å²) in [5, 5.41) is 3.49. The number of nitrogens with one attached hydrogen (secondary N) is 1. The Labute approximate surface area is 130 Å². The van der Waals surface area contributed by atoms with Crippen molar-refractivity contribution >= 4 is 15.9 Å². The van der Waals surface area contributed by atoms with E-state index >= 15 is 0 Å². The van der Waals surface area contributed by atoms with Gasteiger partial charge in [-0.15, -0.1) is 0 Å². The zero-order valence-corrected chi connectivity index (χ0v) is 14.2. The number of benzene rings is 1. The van der Waals surface area contributed by atoms with E-state index in [2.05, 4.69) is 60.3 Å². The van der Waals surface area contributed by atoms with Crippen molar-refractivity contribution in [3.63, 3.8) is 0 Å². The molecule has 1 aromatic rings. The molecule has 0 aromatic heterocycles. The zero-order valence-electron chi connectivity index (χ0n) is 12.6. The maximum atomic E-state index is 6.59. The minimum Gasteiger partial charge on any atom is -0.487 e. The molecule has 3 rings (SSSR count). The van der Waals surface area contributed by atoms with Crippen LogP contribution in [0.25, 0.3) is 0 Å². The Balaban J connectivity index is 2.01. The highest BCUT2D eigenvalue weighted by molar-refractivity contribution is 9.10. The number of halogens is 1. The molecule has 4 atom stereocenters. The van der Waals surface area contributed by atoms with Crippen LogP contribution in [0.15, 0.2) is 22.7 Å². The van der Waals surface area contributed by atoms with Gasteiger partial charge in [0.2, 0.25) is 0 Å². The van der Waals surface area contributed by atoms with Gasteiger partial charge in [-0.2, -0.15) is 0 Å². The predicted molar refractivity (Wildman–Crippen MR) is 86.1 cm³/mol. The van der Waals surface area contributed by atoms with Crippen molar-refractivity contribution in [2.24, 2.45) is 11.8 Å². The molecule has 0 saturated heterocycles. The molecular weight excluding hydrogens is 314 g/mol. The second-order valence-electron chi connectivity index (χ2n) is 6.55. The molecule has 0 bridgehead atoms. The summed E-state index contributed by atoms with van der Waals surface area (Å²) in [4.78, 5) is 0. The lowest BCUT2D eigenvalue weighted by Gasteiger charge is -2.50. The molecular formula is C17H24BrNO. The first kappa shape index (κ1) is 14.4. The summed E-state index contributed by atoms with van der Waals surface area (Å²) in [7, 11) is 2.06. The van der Waals surface area contributed by atoms with Gasteiger partial charge in [0.25, 0.3) is 0 Å². The molecule has 1 aliphatic heterocycles. The van der Waals surface area contributed by atoms with Crippen molar-refractivity contribution in [3.05, 3.63) is 28.2 Å². The molecule has 1 saturated carbocycles. The first-order valence-corrected chi connectivity index (χ1v) is 8.51. The molecule has 1 aliphatic carbocycles. The van der Waals surface area contributed by atoms with Crippen LogP contribution < -0.4 is 10.1 Å². The van der Waals surface area contributed by atoms with Gasteiger partial charge < -0.3 is 10.1 Å². The maximum absolute atomic E-state index is 6.59. The second-order valence-corrected chi connectivity index (χ2v) is 7.47. The first-order valence-electron chi connectivity index (χ1n) is 7.71. The van der Waals surface area contributed by atoms with Gasteiger partial charge in [-0.1, -0.05) is 42.3 Å². The fourth-order valence-corrected chi connectivity index (χ4v) is 4.35. The average molecular weight is 338 g/mol. The topological polar surface area (TPSA) is 21.3 Å². The molecule has 2 nitrogen and oxygen atoms in total. The third kappa shape index (κ3) is 2.29. The molecule has 3 heteroatoms. The van der Waals surface area contributed by atoms with Crippen molar-refractivity contribution in [2.45, 2.75) is 51.2 Å². The Morgan fingerprint density at radius 1 is 1.35 bits per heavy atom. The van der Waals surface area contributed by atoms with E-state index in [1.54, 1.807) is 0 Å². The number of hydrogen-bond donors (Lipinski definition) is 1. The summed E-state index contributed by atoms with van der Waals surface area (Å²) in [6.07, 6.45) is 4.89. The molecule has 4 unspecified atom stereocenters. The van der Waals surface area contributed by atoms with Crippen LogP contribution in [0, 0.1) is 11.8 Å². The van der Waals surface area contributed by atoms with E-state index < -0.39 is 0 Å². The van der Waals surface area contributed by atoms with Crippen LogP contribution in [0.3, 0.4) is 0 Å². The van der Waals surface area contributed by atoms with Crippen molar-refractivity contribution in [3.8, 4) is 5.75 Å². The number of hydrogen-bond acceptors (Lipinski definition) is 2. The minimum atomic E-state index is 0.0130. The van der Waals surface area contributed by atoms with Gasteiger partial charge in [-0.05, 0) is 43.9 Å². The Bertz CT molecular complexity index is 504. The monoisotopic (exact) mass is 337 g/mol. The standard InChI is InChI=1S/C17H24BrNO/c1-11-5-4-8-17(12(11)2)10-15(19-3)14-7-6-13(18)9-16(14)20-17/h6-7,9,11-12,15,19H,4-5,8,10H2,1-3H3. The van der Waals surface area contributed by atoms with Gasteiger partial charge >= 0.3 is 0 Å². The molecule has 1 fully saturated rings. The normalized spacial score (nSPS) is 36.5. The smallest absolute Gasteiger partial charge is 0.126 e. The van der Waals surface area contributed by atoms with E-state index in [1.165, 1.54) is 24.8 Å². The quantitative estimate of drug-likeness (QED) is 0.802. The molecule has 1 aromatic carbocycles. The fraction of sp³-hybridized carbons (Fsp3) is 0.647. The lowest BCUT2D eigenvalue weighted by atomic mass is 9.66. The minimum absolute atomic E-state index is 0.0130. The first-order chi connectivity index (χ1) is 9.55. The van der Waals surface area contributed by atoms with E-state index in [1.807, 2.05) is 0 Å². The highest BCUT2D eigenvalue weighted by Gasteiger charge is 2.48. The van der Waals surface area contributed by atoms with Gasteiger partial charge in [0, 0.05) is 22.5 Å². The molecule has 2 aliphatic rings. The molecule has 1 spiro atoms. The lowest BCUT2D eigenvalue weighted by Crippen LogP contribution is -2.52. The Hall–Kier alpha value is -0.540. The highest BCUT2D eigenvalue weighted by atomic mass is 79.9. The van der Waals surface area contributed by atoms with Gasteiger partial charge in [-0.3, -0.25) is 0 Å². The molecule has 0 radical (unpaired) electrons. The van der Waals surface area contributed by atoms with Crippen molar-refractivity contribution in [1.82, 2.24) is 5.32 Å². The maximum Gasteiger partial charge on any atom is 0.126 e. The summed E-state index contributed by atoms with van der Waals surface area (Å²) in [6, 6.07) is 6.83. The third-order valence-corrected chi connectivity index (χ3v) is 6.00. The summed E-state index contributed by atoms with van der Waals surface area (Å²) in [5.74, 6) is 2.42. The predicted octanol–water partition coefficient (Wildman–Crippen LogP) is 4.69. The lowest BCUT2D eigenvalue weighted by molar-refractivity contribution is -0.0640. The second kappa shape index (κ2) is 5.34. The van der Waals surface area contributed by atoms with Crippen LogP contribution >= 0.6 is 15.9 Å². The van der Waals surface area contributed by atoms with Crippen molar-refractivity contribution in [1.29, 1.82) is 0 Å². The van der Waals surface area contributed by atoms with Crippen LogP contribution in [0.4, 0.5) is 0 Å². The largest absolute Gasteiger partial charge is 0.487 e. The Kier molecular flexibility index (Phi) is 3.85. The molecule has 110 valence electrons. The molecule has 20 heavy (non-hydrogen) atoms. The van der Waals surface area contributed by atoms with Crippen LogP contribution in [-0.2, 0) is 0 Å². The highest BCUT2D eigenvalue weighted by Crippen LogP contribution is 2.50. The number of fused-ring (bicyclic) bond motifs is 1. The van der Waals surface area contributed by atoms with Gasteiger partial charge in [0.1, 0.15) is 11.4 Å². The summed E-state index contributed by atoms with van der Waals surface area (Å²) in [5.41, 5.74) is 1.31. The van der Waals surface area contributed by atoms with Crippen LogP contribution in [-0.4, -0.2) is 12.6 Å². The summed E-state index contributed by atoms with van der Waals surface area (Å²) >= 11 is 3.57. The molecule has 0 amide bonds. The summed E-state index contributed by atoms with van der Waals surface area (Å²) in [6.45, 7) is 4.75. The fourth-order valence-electron chi connectivity index (χ4n) is 4.01. The average Bonchev–Trinajstić information content (AvgIpc) is 2.43. The SMILES string of the molecule is CNC1CC2(CCCC(C)C2C)Oc2cc(Br)ccc21. The van der Waals surface area contributed by atoms with Gasteiger partial charge in [0.05, 0.1) is 0 Å². The number of ether oxygens (including phenoxy) is 1. The van der Waals surface area contributed by atoms with E-state index in [0.29, 0.717) is 12.0 Å².